The Morgan fingerprint density at radius 1 is 1.40 bits per heavy atom. The number of fused-ring (bicyclic) bond motifs is 1. The summed E-state index contributed by atoms with van der Waals surface area (Å²) in [5, 5.41) is 0. The largest absolute Gasteiger partial charge is 0.461 e. The van der Waals surface area contributed by atoms with Crippen LogP contribution in [-0.4, -0.2) is 24.6 Å². The summed E-state index contributed by atoms with van der Waals surface area (Å²) in [6.07, 6.45) is -0.0938. The summed E-state index contributed by atoms with van der Waals surface area (Å²) in [4.78, 5) is 21.3. The highest BCUT2D eigenvalue weighted by atomic mass is 16.6. The monoisotopic (exact) mass is 142 g/mol. The molecule has 2 saturated heterocycles. The van der Waals surface area contributed by atoms with Crippen molar-refractivity contribution in [3.63, 3.8) is 0 Å². The van der Waals surface area contributed by atoms with E-state index in [0.29, 0.717) is 0 Å². The average Bonchev–Trinajstić information content (AvgIpc) is 2.35. The van der Waals surface area contributed by atoms with Gasteiger partial charge in [0.2, 0.25) is 0 Å². The van der Waals surface area contributed by atoms with E-state index in [2.05, 4.69) is 4.74 Å². The highest BCUT2D eigenvalue weighted by Crippen LogP contribution is 2.28. The number of carbonyl (C=O) groups excluding carboxylic acids is 2. The van der Waals surface area contributed by atoms with Gasteiger partial charge in [-0.05, 0) is 0 Å². The zero-order valence-corrected chi connectivity index (χ0v) is 5.20. The van der Waals surface area contributed by atoms with Crippen LogP contribution in [0.25, 0.3) is 0 Å². The predicted molar refractivity (Wildman–Crippen MR) is 28.9 cm³/mol. The summed E-state index contributed by atoms with van der Waals surface area (Å²) in [7, 11) is 0. The van der Waals surface area contributed by atoms with E-state index in [-0.39, 0.29) is 37.0 Å². The van der Waals surface area contributed by atoms with Gasteiger partial charge in [-0.2, -0.15) is 0 Å². The number of rotatable bonds is 0. The molecule has 4 nitrogen and oxygen atoms in total. The van der Waals surface area contributed by atoms with Gasteiger partial charge in [0.1, 0.15) is 18.6 Å². The Bertz CT molecular complexity index is 198. The van der Waals surface area contributed by atoms with Gasteiger partial charge in [0.25, 0.3) is 0 Å². The quantitative estimate of drug-likeness (QED) is 0.427. The molecule has 2 aliphatic heterocycles. The molecule has 54 valence electrons. The Balaban J connectivity index is 2.19. The Morgan fingerprint density at radius 3 is 2.90 bits per heavy atom. The van der Waals surface area contributed by atoms with Crippen LogP contribution in [-0.2, 0) is 19.1 Å². The Kier molecular flexibility index (Phi) is 0.977. The minimum atomic E-state index is -0.313. The molecule has 2 rings (SSSR count). The lowest BCUT2D eigenvalue weighted by atomic mass is 10.1. The van der Waals surface area contributed by atoms with Gasteiger partial charge >= 0.3 is 11.9 Å². The normalized spacial score (nSPS) is 37.2. The Labute approximate surface area is 57.1 Å². The van der Waals surface area contributed by atoms with Crippen LogP contribution >= 0.6 is 0 Å². The van der Waals surface area contributed by atoms with Crippen molar-refractivity contribution in [1.82, 2.24) is 0 Å². The van der Waals surface area contributed by atoms with Crippen LogP contribution in [0.4, 0.5) is 0 Å². The molecule has 0 bridgehead atoms. The second-order valence-corrected chi connectivity index (χ2v) is 2.47. The van der Waals surface area contributed by atoms with E-state index in [4.69, 9.17) is 4.74 Å². The molecule has 4 heteroatoms. The van der Waals surface area contributed by atoms with Gasteiger partial charge in [-0.25, -0.2) is 0 Å². The maximum atomic E-state index is 10.7. The Morgan fingerprint density at radius 2 is 2.20 bits per heavy atom. The highest BCUT2D eigenvalue weighted by molar-refractivity contribution is 5.85. The third kappa shape index (κ3) is 0.616. The van der Waals surface area contributed by atoms with E-state index >= 15 is 0 Å². The zero-order chi connectivity index (χ0) is 7.14. The molecule has 0 N–H and O–H groups in total. The molecule has 0 aromatic rings. The SMILES string of the molecule is O=C1C[C@@H]2C(=O)OC[C@@H]2O1. The van der Waals surface area contributed by atoms with Crippen LogP contribution in [0.15, 0.2) is 0 Å². The summed E-state index contributed by atoms with van der Waals surface area (Å²) in [5.74, 6) is -0.894. The van der Waals surface area contributed by atoms with Gasteiger partial charge in [0, 0.05) is 0 Å². The molecule has 0 unspecified atom stereocenters. The first-order valence-electron chi connectivity index (χ1n) is 3.13. The fourth-order valence-electron chi connectivity index (χ4n) is 1.27. The van der Waals surface area contributed by atoms with Crippen molar-refractivity contribution in [2.45, 2.75) is 12.5 Å². The molecule has 0 amide bonds. The molecule has 10 heavy (non-hydrogen) atoms. The molecule has 0 aromatic heterocycles. The summed E-state index contributed by atoms with van der Waals surface area (Å²) in [6.45, 7) is 0.245. The fraction of sp³-hybridized carbons (Fsp3) is 0.667. The highest BCUT2D eigenvalue weighted by Gasteiger charge is 2.46. The molecule has 0 aliphatic carbocycles. The molecule has 0 spiro atoms. The van der Waals surface area contributed by atoms with E-state index in [1.807, 2.05) is 0 Å². The third-order valence-electron chi connectivity index (χ3n) is 1.81. The van der Waals surface area contributed by atoms with Crippen molar-refractivity contribution in [2.75, 3.05) is 6.61 Å². The van der Waals surface area contributed by atoms with Crippen molar-refractivity contribution < 1.29 is 19.1 Å². The van der Waals surface area contributed by atoms with Crippen LogP contribution in [0.1, 0.15) is 6.42 Å². The van der Waals surface area contributed by atoms with Gasteiger partial charge in [-0.3, -0.25) is 9.59 Å². The second-order valence-electron chi connectivity index (χ2n) is 2.47. The molecule has 2 aliphatic rings. The van der Waals surface area contributed by atoms with Gasteiger partial charge in [0.15, 0.2) is 0 Å². The maximum Gasteiger partial charge on any atom is 0.313 e. The minimum absolute atomic E-state index is 0.198. The van der Waals surface area contributed by atoms with Crippen LogP contribution in [0.2, 0.25) is 0 Å². The van der Waals surface area contributed by atoms with Gasteiger partial charge < -0.3 is 9.47 Å². The average molecular weight is 142 g/mol. The standard InChI is InChI=1S/C6H6O4/c7-5-1-3-4(10-5)2-9-6(3)8/h3-4H,1-2H2/t3-,4-/m0/s1. The van der Waals surface area contributed by atoms with Gasteiger partial charge in [-0.15, -0.1) is 0 Å². The first-order chi connectivity index (χ1) is 4.77. The number of cyclic esters (lactones) is 1. The first-order valence-corrected chi connectivity index (χ1v) is 3.13. The fourth-order valence-corrected chi connectivity index (χ4v) is 1.27. The summed E-state index contributed by atoms with van der Waals surface area (Å²) < 4.78 is 9.42. The molecule has 0 saturated carbocycles. The third-order valence-corrected chi connectivity index (χ3v) is 1.81. The van der Waals surface area contributed by atoms with Crippen molar-refractivity contribution in [2.24, 2.45) is 5.92 Å². The van der Waals surface area contributed by atoms with Crippen LogP contribution in [0, 0.1) is 5.92 Å². The number of hydrogen-bond acceptors (Lipinski definition) is 4. The van der Waals surface area contributed by atoms with Crippen molar-refractivity contribution in [1.29, 1.82) is 0 Å². The molecule has 2 fully saturated rings. The minimum Gasteiger partial charge on any atom is -0.461 e. The van der Waals surface area contributed by atoms with Crippen LogP contribution < -0.4 is 0 Å². The van der Waals surface area contributed by atoms with Crippen molar-refractivity contribution in [3.8, 4) is 0 Å². The van der Waals surface area contributed by atoms with E-state index in [1.165, 1.54) is 0 Å². The number of esters is 2. The second kappa shape index (κ2) is 1.71. The lowest BCUT2D eigenvalue weighted by Gasteiger charge is -1.99. The van der Waals surface area contributed by atoms with E-state index < -0.39 is 0 Å². The Hall–Kier alpha value is -1.06. The molecule has 0 radical (unpaired) electrons. The van der Waals surface area contributed by atoms with Crippen LogP contribution in [0.5, 0.6) is 0 Å². The number of carbonyl (C=O) groups is 2. The van der Waals surface area contributed by atoms with Gasteiger partial charge in [0.05, 0.1) is 6.42 Å². The summed E-state index contributed by atoms with van der Waals surface area (Å²) >= 11 is 0. The van der Waals surface area contributed by atoms with Crippen molar-refractivity contribution >= 4 is 11.9 Å². The lowest BCUT2D eigenvalue weighted by molar-refractivity contribution is -0.147. The first kappa shape index (κ1) is 5.70. The van der Waals surface area contributed by atoms with Gasteiger partial charge in [-0.1, -0.05) is 0 Å². The van der Waals surface area contributed by atoms with E-state index in [0.717, 1.165) is 0 Å². The predicted octanol–water partition coefficient (Wildman–Crippen LogP) is -0.525. The van der Waals surface area contributed by atoms with Crippen LogP contribution in [0.3, 0.4) is 0 Å². The van der Waals surface area contributed by atoms with E-state index in [1.54, 1.807) is 0 Å². The van der Waals surface area contributed by atoms with Crippen molar-refractivity contribution in [3.05, 3.63) is 0 Å². The van der Waals surface area contributed by atoms with E-state index in [9.17, 15) is 9.59 Å². The lowest BCUT2D eigenvalue weighted by Crippen LogP contribution is -2.14. The molecule has 2 heterocycles. The maximum absolute atomic E-state index is 10.7. The topological polar surface area (TPSA) is 52.6 Å². The number of hydrogen-bond donors (Lipinski definition) is 0. The number of ether oxygens (including phenoxy) is 2. The zero-order valence-electron chi connectivity index (χ0n) is 5.20. The smallest absolute Gasteiger partial charge is 0.313 e. The molecular formula is C6H6O4. The molecule has 2 atom stereocenters. The molecular weight excluding hydrogens is 136 g/mol. The summed E-state index contributed by atoms with van der Waals surface area (Å²) in [5.41, 5.74) is 0. The molecule has 0 aromatic carbocycles. The summed E-state index contributed by atoms with van der Waals surface area (Å²) in [6, 6.07) is 0.